The molecule has 62 valence electrons. The van der Waals surface area contributed by atoms with Crippen molar-refractivity contribution in [3.8, 4) is 5.40 Å². The van der Waals surface area contributed by atoms with Gasteiger partial charge in [0.2, 0.25) is 0 Å². The molecule has 0 bridgehead atoms. The zero-order valence-electron chi connectivity index (χ0n) is 4.67. The van der Waals surface area contributed by atoms with E-state index in [1.807, 2.05) is 0 Å². The third-order valence-electron chi connectivity index (χ3n) is 0. The maximum atomic E-state index is 7.23. The van der Waals surface area contributed by atoms with Crippen molar-refractivity contribution in [2.45, 2.75) is 0 Å². The second kappa shape index (κ2) is 317. The van der Waals surface area contributed by atoms with Crippen molar-refractivity contribution in [1.29, 1.82) is 5.26 Å². The van der Waals surface area contributed by atoms with Crippen molar-refractivity contribution in [2.24, 2.45) is 0 Å². The molecule has 9 heavy (non-hydrogen) atoms. The predicted octanol–water partition coefficient (Wildman–Crippen LogP) is 3.06. The molecule has 0 saturated heterocycles. The molecule has 0 unspecified atom stereocenters. The molecule has 0 atom stereocenters. The van der Waals surface area contributed by atoms with Crippen molar-refractivity contribution in [2.75, 3.05) is 0 Å². The van der Waals surface area contributed by atoms with E-state index >= 15 is 0 Å². The standard InChI is InChI=1S/CHNS.Co.5H2N/c2-1-3;;;;;;/h3H;;5*1H2/q;+3;5*-1/p+1. The van der Waals surface area contributed by atoms with Crippen LogP contribution in [0.15, 0.2) is 0 Å². The SMILES string of the molecule is N#C[SH2+].[Co+3].[NH2-].[NH2-].[NH2-].[NH2-].[NH2-]. The van der Waals surface area contributed by atoms with E-state index in [4.69, 9.17) is 5.26 Å². The molecule has 0 saturated carbocycles. The number of hydrogen-bond acceptors (Lipinski definition) is 1. The van der Waals surface area contributed by atoms with Crippen LogP contribution < -0.4 is 0 Å². The van der Waals surface area contributed by atoms with Crippen LogP contribution >= 0.6 is 0 Å². The van der Waals surface area contributed by atoms with Crippen LogP contribution in [0.3, 0.4) is 0 Å². The fourth-order valence-corrected chi connectivity index (χ4v) is 0. The van der Waals surface area contributed by atoms with Crippen LogP contribution in [0.5, 0.6) is 0 Å². The van der Waals surface area contributed by atoms with Gasteiger partial charge in [0.15, 0.2) is 0 Å². The van der Waals surface area contributed by atoms with Crippen molar-refractivity contribution in [3.05, 3.63) is 30.8 Å². The second-order valence-corrected chi connectivity index (χ2v) is 0.335. The average Bonchev–Trinajstić information content (AvgIpc) is 0.918. The monoisotopic (exact) mass is 199 g/mol. The molecule has 0 aliphatic carbocycles. The van der Waals surface area contributed by atoms with E-state index in [1.165, 1.54) is 0 Å². The summed E-state index contributed by atoms with van der Waals surface area (Å²) in [4.78, 5) is 0. The van der Waals surface area contributed by atoms with Gasteiger partial charge in [-0.25, -0.2) is 0 Å². The van der Waals surface area contributed by atoms with E-state index in [0.29, 0.717) is 0 Å². The van der Waals surface area contributed by atoms with Crippen LogP contribution in [-0.4, -0.2) is 0 Å². The Morgan fingerprint density at radius 3 is 0.889 bits per heavy atom. The van der Waals surface area contributed by atoms with Gasteiger partial charge in [-0.15, -0.1) is 5.26 Å². The van der Waals surface area contributed by atoms with Gasteiger partial charge in [-0.3, -0.25) is 0 Å². The maximum absolute atomic E-state index is 7.23. The molecule has 0 aromatic carbocycles. The zero-order valence-corrected chi connectivity index (χ0v) is 6.71. The normalized spacial score (nSPS) is 0.889. The Kier molecular flexibility index (Phi) is 4630. The molecule has 0 aromatic rings. The van der Waals surface area contributed by atoms with Crippen LogP contribution in [0.4, 0.5) is 0 Å². The summed E-state index contributed by atoms with van der Waals surface area (Å²) in [6.45, 7) is 0. The van der Waals surface area contributed by atoms with Crippen LogP contribution in [0.1, 0.15) is 0 Å². The summed E-state index contributed by atoms with van der Waals surface area (Å²) in [6.07, 6.45) is 0. The van der Waals surface area contributed by atoms with Crippen molar-refractivity contribution < 1.29 is 16.8 Å². The van der Waals surface area contributed by atoms with Crippen LogP contribution in [0.25, 0.3) is 30.8 Å². The predicted molar refractivity (Wildman–Crippen MR) is 42.2 cm³/mol. The van der Waals surface area contributed by atoms with Gasteiger partial charge < -0.3 is 30.8 Å². The minimum Gasteiger partial charge on any atom is -0.693 e. The molecule has 0 fully saturated rings. The van der Waals surface area contributed by atoms with E-state index < -0.39 is 0 Å². The molecule has 0 heterocycles. The summed E-state index contributed by atoms with van der Waals surface area (Å²) in [7, 11) is 0. The van der Waals surface area contributed by atoms with Crippen LogP contribution in [0.2, 0.25) is 0 Å². The number of thiocyanates is 1. The van der Waals surface area contributed by atoms with E-state index in [0.717, 1.165) is 0 Å². The minimum absolute atomic E-state index is 0. The minimum atomic E-state index is 0. The Bertz CT molecular complexity index is 34.5. The molecular formula is CH12CoN6S-. The van der Waals surface area contributed by atoms with E-state index in [-0.39, 0.29) is 47.5 Å². The smallest absolute Gasteiger partial charge is 0.693 e. The molecule has 0 spiro atoms. The Hall–Kier alpha value is 0.146. The largest absolute Gasteiger partial charge is 3.00 e. The molecule has 10 N–H and O–H groups in total. The molecule has 0 amide bonds. The Labute approximate surface area is 71.3 Å². The van der Waals surface area contributed by atoms with Gasteiger partial charge in [-0.2, -0.15) is 0 Å². The van der Waals surface area contributed by atoms with Gasteiger partial charge in [-0.1, -0.05) is 0 Å². The fraction of sp³-hybridized carbons (Fsp3) is 0. The van der Waals surface area contributed by atoms with E-state index in [9.17, 15) is 0 Å². The Morgan fingerprint density at radius 1 is 0.889 bits per heavy atom. The number of rotatable bonds is 0. The first-order valence-electron chi connectivity index (χ1n) is 0.474. The molecular weight excluding hydrogens is 187 g/mol. The number of nitrogens with two attached hydrogens (primary N) is 5. The summed E-state index contributed by atoms with van der Waals surface area (Å²) in [5.74, 6) is 0. The third-order valence-corrected chi connectivity index (χ3v) is 0. The number of hydrogen-bond donors (Lipinski definition) is 0. The summed E-state index contributed by atoms with van der Waals surface area (Å²) >= 11 is 2.49. The fourth-order valence-electron chi connectivity index (χ4n) is 0. The average molecular weight is 199 g/mol. The van der Waals surface area contributed by atoms with Crippen LogP contribution in [0, 0.1) is 10.7 Å². The van der Waals surface area contributed by atoms with Gasteiger partial charge in [0.25, 0.3) is 0 Å². The van der Waals surface area contributed by atoms with E-state index in [2.05, 4.69) is 12.6 Å². The number of nitrogens with zero attached hydrogens (tertiary/aromatic N) is 1. The van der Waals surface area contributed by atoms with Gasteiger partial charge in [-0.05, 0) is 0 Å². The van der Waals surface area contributed by atoms with Gasteiger partial charge >= 0.3 is 22.2 Å². The molecule has 8 heteroatoms. The molecule has 0 aliphatic rings. The quantitative estimate of drug-likeness (QED) is 0.420. The summed E-state index contributed by atoms with van der Waals surface area (Å²) in [6, 6.07) is 0. The summed E-state index contributed by atoms with van der Waals surface area (Å²) in [5, 5.41) is 8.79. The van der Waals surface area contributed by atoms with Crippen molar-refractivity contribution in [3.63, 3.8) is 0 Å². The molecule has 6 nitrogen and oxygen atoms in total. The van der Waals surface area contributed by atoms with Gasteiger partial charge in [0, 0.05) is 0 Å². The molecule has 0 aliphatic heterocycles. The first-order chi connectivity index (χ1) is 1.41. The molecule has 0 aromatic heterocycles. The maximum Gasteiger partial charge on any atom is 3.00 e. The topological polar surface area (TPSA) is 191 Å². The third kappa shape index (κ3) is 14300. The van der Waals surface area contributed by atoms with Gasteiger partial charge in [0.05, 0.1) is 12.6 Å². The van der Waals surface area contributed by atoms with Crippen molar-refractivity contribution >= 4 is 12.6 Å². The number of nitriles is 1. The molecule has 0 radical (unpaired) electrons. The first kappa shape index (κ1) is 132. The summed E-state index contributed by atoms with van der Waals surface area (Å²) < 4.78 is 0. The van der Waals surface area contributed by atoms with Crippen LogP contribution in [-0.2, 0) is 29.4 Å². The Balaban J connectivity index is -0.00000000133. The first-order valence-corrected chi connectivity index (χ1v) is 0.974. The Morgan fingerprint density at radius 2 is 0.889 bits per heavy atom. The zero-order chi connectivity index (χ0) is 2.71. The van der Waals surface area contributed by atoms with E-state index in [1.54, 1.807) is 5.40 Å². The van der Waals surface area contributed by atoms with Gasteiger partial charge in [0.1, 0.15) is 0 Å². The molecule has 0 rings (SSSR count). The van der Waals surface area contributed by atoms with Crippen molar-refractivity contribution in [1.82, 2.24) is 0 Å². The summed E-state index contributed by atoms with van der Waals surface area (Å²) in [5.41, 5.74) is 0. The second-order valence-electron chi connectivity index (χ2n) is 0.112.